The molecule has 2 aliphatic heterocycles. The van der Waals surface area contributed by atoms with Crippen LogP contribution in [0.3, 0.4) is 0 Å². The Balaban J connectivity index is 1.70. The SMILES string of the molecule is CC[C@@H]1CC[C@@H](CO[Si](c2ccccc2)(c2ccccc2)C(C)(C)C)N2C(=O)CC[C@@H]12. The molecule has 0 aliphatic carbocycles. The van der Waals surface area contributed by atoms with Crippen LogP contribution in [0.2, 0.25) is 5.04 Å². The van der Waals surface area contributed by atoms with E-state index in [-0.39, 0.29) is 11.1 Å². The van der Waals surface area contributed by atoms with Gasteiger partial charge in [0.05, 0.1) is 12.6 Å². The standard InChI is InChI=1S/C27H37NO2Si/c1-5-21-16-17-22(28-25(21)18-19-26(28)29)20-30-31(27(2,3)4,23-12-8-6-9-13-23)24-14-10-7-11-15-24/h6-15,21-22,25H,5,16-20H2,1-4H3/t21-,22+,25+/m1/s1. The van der Waals surface area contributed by atoms with Crippen LogP contribution < -0.4 is 10.4 Å². The van der Waals surface area contributed by atoms with Gasteiger partial charge in [-0.1, -0.05) is 94.8 Å². The van der Waals surface area contributed by atoms with Crippen molar-refractivity contribution in [3.05, 3.63) is 60.7 Å². The second-order valence-corrected chi connectivity index (χ2v) is 14.6. The molecule has 2 aliphatic rings. The predicted molar refractivity (Wildman–Crippen MR) is 130 cm³/mol. The van der Waals surface area contributed by atoms with Gasteiger partial charge in [0.25, 0.3) is 8.32 Å². The highest BCUT2D eigenvalue weighted by Gasteiger charge is 2.51. The van der Waals surface area contributed by atoms with Crippen LogP contribution >= 0.6 is 0 Å². The minimum Gasteiger partial charge on any atom is -0.405 e. The molecule has 0 radical (unpaired) electrons. The lowest BCUT2D eigenvalue weighted by molar-refractivity contribution is -0.135. The number of carbonyl (C=O) groups excluding carboxylic acids is 1. The number of carbonyl (C=O) groups is 1. The van der Waals surface area contributed by atoms with E-state index < -0.39 is 8.32 Å². The first-order valence-corrected chi connectivity index (χ1v) is 13.9. The van der Waals surface area contributed by atoms with Crippen LogP contribution in [0.15, 0.2) is 60.7 Å². The summed E-state index contributed by atoms with van der Waals surface area (Å²) in [6.45, 7) is 9.85. The van der Waals surface area contributed by atoms with E-state index in [0.717, 1.165) is 19.3 Å². The van der Waals surface area contributed by atoms with Crippen molar-refractivity contribution in [1.29, 1.82) is 0 Å². The Morgan fingerprint density at radius 3 is 2.03 bits per heavy atom. The second kappa shape index (κ2) is 8.91. The Morgan fingerprint density at radius 2 is 1.52 bits per heavy atom. The summed E-state index contributed by atoms with van der Waals surface area (Å²) in [6.07, 6.45) is 5.15. The Bertz CT molecular complexity index is 838. The Labute approximate surface area is 188 Å². The first-order valence-electron chi connectivity index (χ1n) is 11.9. The normalized spacial score (nSPS) is 24.3. The van der Waals surface area contributed by atoms with Gasteiger partial charge < -0.3 is 9.33 Å². The van der Waals surface area contributed by atoms with Gasteiger partial charge in [0.2, 0.25) is 5.91 Å². The van der Waals surface area contributed by atoms with E-state index in [4.69, 9.17) is 4.43 Å². The highest BCUT2D eigenvalue weighted by atomic mass is 28.4. The topological polar surface area (TPSA) is 29.5 Å². The van der Waals surface area contributed by atoms with Gasteiger partial charge in [0.1, 0.15) is 0 Å². The van der Waals surface area contributed by atoms with Gasteiger partial charge in [0, 0.05) is 12.5 Å². The molecule has 4 heteroatoms. The molecule has 2 saturated heterocycles. The van der Waals surface area contributed by atoms with Crippen LogP contribution in [-0.2, 0) is 9.22 Å². The third-order valence-electron chi connectivity index (χ3n) is 7.54. The number of rotatable bonds is 6. The molecule has 0 N–H and O–H groups in total. The lowest BCUT2D eigenvalue weighted by Gasteiger charge is -2.47. The first-order chi connectivity index (χ1) is 14.9. The van der Waals surface area contributed by atoms with E-state index in [0.29, 0.717) is 30.9 Å². The van der Waals surface area contributed by atoms with E-state index in [2.05, 4.69) is 93.3 Å². The summed E-state index contributed by atoms with van der Waals surface area (Å²) in [5, 5.41) is 2.57. The largest absolute Gasteiger partial charge is 0.405 e. The number of hydrogen-bond donors (Lipinski definition) is 0. The molecule has 3 nitrogen and oxygen atoms in total. The van der Waals surface area contributed by atoms with Gasteiger partial charge in [-0.3, -0.25) is 4.79 Å². The monoisotopic (exact) mass is 435 g/mol. The summed E-state index contributed by atoms with van der Waals surface area (Å²) >= 11 is 0. The molecule has 3 atom stereocenters. The van der Waals surface area contributed by atoms with Gasteiger partial charge in [0.15, 0.2) is 0 Å². The molecule has 31 heavy (non-hydrogen) atoms. The van der Waals surface area contributed by atoms with Crippen molar-refractivity contribution >= 4 is 24.6 Å². The average Bonchev–Trinajstić information content (AvgIpc) is 3.17. The molecule has 0 unspecified atom stereocenters. The van der Waals surface area contributed by atoms with Crippen LogP contribution in [0.4, 0.5) is 0 Å². The fraction of sp³-hybridized carbons (Fsp3) is 0.519. The zero-order valence-corrected chi connectivity index (χ0v) is 20.5. The molecule has 0 aromatic heterocycles. The predicted octanol–water partition coefficient (Wildman–Crippen LogP) is 4.74. The second-order valence-electron chi connectivity index (χ2n) is 10.3. The Kier molecular flexibility index (Phi) is 6.41. The number of fused-ring (bicyclic) bond motifs is 1. The van der Waals surface area contributed by atoms with Crippen LogP contribution in [0.1, 0.15) is 59.8 Å². The molecule has 0 bridgehead atoms. The number of benzene rings is 2. The zero-order chi connectivity index (χ0) is 22.1. The molecule has 2 fully saturated rings. The molecular formula is C27H37NO2Si. The highest BCUT2D eigenvalue weighted by molar-refractivity contribution is 6.99. The van der Waals surface area contributed by atoms with Crippen molar-refractivity contribution in [3.63, 3.8) is 0 Å². The number of piperidine rings is 1. The zero-order valence-electron chi connectivity index (χ0n) is 19.5. The molecular weight excluding hydrogens is 398 g/mol. The molecule has 2 heterocycles. The summed E-state index contributed by atoms with van der Waals surface area (Å²) < 4.78 is 7.18. The maximum Gasteiger partial charge on any atom is 0.261 e. The smallest absolute Gasteiger partial charge is 0.261 e. The van der Waals surface area contributed by atoms with E-state index in [1.807, 2.05) is 0 Å². The Hall–Kier alpha value is -1.91. The molecule has 0 spiro atoms. The number of hydrogen-bond acceptors (Lipinski definition) is 2. The van der Waals surface area contributed by atoms with E-state index >= 15 is 0 Å². The number of amides is 1. The van der Waals surface area contributed by atoms with Gasteiger partial charge in [-0.15, -0.1) is 0 Å². The molecule has 166 valence electrons. The lowest BCUT2D eigenvalue weighted by Crippen LogP contribution is -2.67. The average molecular weight is 436 g/mol. The van der Waals surface area contributed by atoms with Crippen LogP contribution in [0.5, 0.6) is 0 Å². The molecule has 4 rings (SSSR count). The summed E-state index contributed by atoms with van der Waals surface area (Å²) in [4.78, 5) is 15.0. The first kappa shape index (κ1) is 22.3. The summed E-state index contributed by atoms with van der Waals surface area (Å²) in [5.41, 5.74) is 0. The van der Waals surface area contributed by atoms with Gasteiger partial charge >= 0.3 is 0 Å². The fourth-order valence-electron chi connectivity index (χ4n) is 6.02. The van der Waals surface area contributed by atoms with Crippen LogP contribution in [0, 0.1) is 5.92 Å². The summed E-state index contributed by atoms with van der Waals surface area (Å²) in [5.74, 6) is 0.981. The van der Waals surface area contributed by atoms with Crippen LogP contribution in [-0.4, -0.2) is 37.8 Å². The number of nitrogens with zero attached hydrogens (tertiary/aromatic N) is 1. The van der Waals surface area contributed by atoms with E-state index in [1.54, 1.807) is 0 Å². The maximum absolute atomic E-state index is 12.8. The van der Waals surface area contributed by atoms with Crippen molar-refractivity contribution in [1.82, 2.24) is 4.90 Å². The fourth-order valence-corrected chi connectivity index (χ4v) is 10.6. The maximum atomic E-state index is 12.8. The minimum atomic E-state index is -2.56. The van der Waals surface area contributed by atoms with E-state index in [1.165, 1.54) is 16.8 Å². The third kappa shape index (κ3) is 4.00. The van der Waals surface area contributed by atoms with Crippen molar-refractivity contribution < 1.29 is 9.22 Å². The van der Waals surface area contributed by atoms with E-state index in [9.17, 15) is 4.79 Å². The highest BCUT2D eigenvalue weighted by Crippen LogP contribution is 2.40. The third-order valence-corrected chi connectivity index (χ3v) is 12.5. The molecule has 1 amide bonds. The van der Waals surface area contributed by atoms with Crippen molar-refractivity contribution in [3.8, 4) is 0 Å². The molecule has 2 aromatic carbocycles. The lowest BCUT2D eigenvalue weighted by atomic mass is 9.84. The minimum absolute atomic E-state index is 0.0370. The summed E-state index contributed by atoms with van der Waals surface area (Å²) in [7, 11) is -2.56. The molecule has 2 aromatic rings. The van der Waals surface area contributed by atoms with Crippen molar-refractivity contribution in [2.75, 3.05) is 6.61 Å². The van der Waals surface area contributed by atoms with Gasteiger partial charge in [-0.05, 0) is 40.6 Å². The Morgan fingerprint density at radius 1 is 0.935 bits per heavy atom. The quantitative estimate of drug-likeness (QED) is 0.613. The van der Waals surface area contributed by atoms with Gasteiger partial charge in [-0.25, -0.2) is 0 Å². The van der Waals surface area contributed by atoms with Crippen LogP contribution in [0.25, 0.3) is 0 Å². The van der Waals surface area contributed by atoms with Crippen molar-refractivity contribution in [2.45, 2.75) is 76.9 Å². The molecule has 0 saturated carbocycles. The van der Waals surface area contributed by atoms with Gasteiger partial charge in [-0.2, -0.15) is 0 Å². The van der Waals surface area contributed by atoms with Crippen molar-refractivity contribution in [2.24, 2.45) is 5.92 Å². The summed E-state index contributed by atoms with van der Waals surface area (Å²) in [6, 6.07) is 22.2.